The lowest BCUT2D eigenvalue weighted by Crippen LogP contribution is -2.18. The zero-order chi connectivity index (χ0) is 14.5. The molecule has 0 saturated heterocycles. The van der Waals surface area contributed by atoms with Crippen LogP contribution in [0.2, 0.25) is 0 Å². The second-order valence-electron chi connectivity index (χ2n) is 4.74. The highest BCUT2D eigenvalue weighted by Gasteiger charge is 2.07. The van der Waals surface area contributed by atoms with Crippen molar-refractivity contribution in [1.29, 1.82) is 5.26 Å². The van der Waals surface area contributed by atoms with Crippen LogP contribution in [0.25, 0.3) is 0 Å². The Morgan fingerprint density at radius 3 is 2.75 bits per heavy atom. The first-order valence-corrected chi connectivity index (χ1v) is 6.36. The first-order valence-electron chi connectivity index (χ1n) is 6.36. The van der Waals surface area contributed by atoms with Crippen molar-refractivity contribution in [3.8, 4) is 6.19 Å². The van der Waals surface area contributed by atoms with Gasteiger partial charge in [0, 0.05) is 19.7 Å². The molecule has 5 nitrogen and oxygen atoms in total. The lowest BCUT2D eigenvalue weighted by atomic mass is 10.1. The monoisotopic (exact) mass is 267 g/mol. The molecule has 1 heterocycles. The molecule has 0 amide bonds. The molecule has 1 aromatic carbocycles. The van der Waals surface area contributed by atoms with Crippen LogP contribution in [0.15, 0.2) is 30.3 Å². The lowest BCUT2D eigenvalue weighted by molar-refractivity contribution is 0.879. The lowest BCUT2D eigenvalue weighted by Gasteiger charge is -2.19. The molecule has 5 heteroatoms. The predicted octanol–water partition coefficient (Wildman–Crippen LogP) is 2.62. The molecule has 0 bridgehead atoms. The Hall–Kier alpha value is -2.61. The van der Waals surface area contributed by atoms with E-state index in [2.05, 4.69) is 40.4 Å². The summed E-state index contributed by atoms with van der Waals surface area (Å²) in [7, 11) is 1.97. The van der Waals surface area contributed by atoms with E-state index in [0.717, 1.165) is 12.4 Å². The normalized spacial score (nSPS) is 9.90. The summed E-state index contributed by atoms with van der Waals surface area (Å²) in [4.78, 5) is 10.6. The third-order valence-corrected chi connectivity index (χ3v) is 2.90. The third kappa shape index (κ3) is 3.45. The van der Waals surface area contributed by atoms with Crippen molar-refractivity contribution in [2.24, 2.45) is 0 Å². The Morgan fingerprint density at radius 1 is 1.25 bits per heavy atom. The Bertz CT molecular complexity index is 645. The number of nitrogens with zero attached hydrogens (tertiary/aromatic N) is 4. The Labute approximate surface area is 118 Å². The fraction of sp³-hybridized carbons (Fsp3) is 0.267. The molecule has 1 aromatic heterocycles. The minimum Gasteiger partial charge on any atom is -0.355 e. The summed E-state index contributed by atoms with van der Waals surface area (Å²) >= 11 is 0. The molecule has 1 N–H and O–H groups in total. The Morgan fingerprint density at radius 2 is 2.05 bits per heavy atom. The molecular weight excluding hydrogens is 250 g/mol. The van der Waals surface area contributed by atoms with Gasteiger partial charge in [-0.1, -0.05) is 29.8 Å². The van der Waals surface area contributed by atoms with Gasteiger partial charge in [-0.25, -0.2) is 9.97 Å². The van der Waals surface area contributed by atoms with Crippen LogP contribution < -0.4 is 10.2 Å². The first kappa shape index (κ1) is 13.8. The summed E-state index contributed by atoms with van der Waals surface area (Å²) in [6.45, 7) is 4.64. The van der Waals surface area contributed by atoms with Crippen LogP contribution in [0.1, 0.15) is 17.0 Å². The van der Waals surface area contributed by atoms with Gasteiger partial charge in [0.1, 0.15) is 17.5 Å². The molecule has 0 aliphatic carbocycles. The van der Waals surface area contributed by atoms with Crippen LogP contribution in [0.4, 0.5) is 11.6 Å². The molecule has 0 aliphatic heterocycles. The SMILES string of the molecule is Cc1cccc(CN(C)c2cc(NC#N)nc(C)n2)c1. The van der Waals surface area contributed by atoms with Crippen molar-refractivity contribution in [2.75, 3.05) is 17.3 Å². The molecular formula is C15H17N5. The van der Waals surface area contributed by atoms with Crippen LogP contribution in [0, 0.1) is 25.3 Å². The van der Waals surface area contributed by atoms with Crippen molar-refractivity contribution in [3.63, 3.8) is 0 Å². The van der Waals surface area contributed by atoms with Gasteiger partial charge in [0.15, 0.2) is 6.19 Å². The first-order chi connectivity index (χ1) is 9.58. The van der Waals surface area contributed by atoms with Gasteiger partial charge in [0.2, 0.25) is 0 Å². The number of aryl methyl sites for hydroxylation is 2. The van der Waals surface area contributed by atoms with E-state index in [0.29, 0.717) is 11.6 Å². The van der Waals surface area contributed by atoms with Crippen LogP contribution in [0.5, 0.6) is 0 Å². The maximum atomic E-state index is 8.67. The zero-order valence-corrected chi connectivity index (χ0v) is 11.9. The van der Waals surface area contributed by atoms with E-state index in [1.807, 2.05) is 31.1 Å². The summed E-state index contributed by atoms with van der Waals surface area (Å²) < 4.78 is 0. The average Bonchev–Trinajstić information content (AvgIpc) is 2.38. The highest BCUT2D eigenvalue weighted by Crippen LogP contribution is 2.17. The van der Waals surface area contributed by atoms with Gasteiger partial charge in [-0.05, 0) is 19.4 Å². The Balaban J connectivity index is 2.20. The summed E-state index contributed by atoms with van der Waals surface area (Å²) in [6.07, 6.45) is 1.88. The van der Waals surface area contributed by atoms with Crippen molar-refractivity contribution >= 4 is 11.6 Å². The molecule has 0 saturated carbocycles. The topological polar surface area (TPSA) is 64.8 Å². The highest BCUT2D eigenvalue weighted by molar-refractivity contribution is 5.51. The fourth-order valence-corrected chi connectivity index (χ4v) is 2.03. The number of benzene rings is 1. The van der Waals surface area contributed by atoms with Gasteiger partial charge in [0.05, 0.1) is 0 Å². The van der Waals surface area contributed by atoms with E-state index in [9.17, 15) is 0 Å². The molecule has 2 rings (SSSR count). The molecule has 0 radical (unpaired) electrons. The van der Waals surface area contributed by atoms with Crippen LogP contribution in [-0.2, 0) is 6.54 Å². The standard InChI is InChI=1S/C15H17N5/c1-11-5-4-6-13(7-11)9-20(3)15-8-14(17-10-16)18-12(2)19-15/h4-8H,9H2,1-3H3,(H,17,18,19). The number of hydrogen-bond acceptors (Lipinski definition) is 5. The van der Waals surface area contributed by atoms with E-state index in [1.165, 1.54) is 11.1 Å². The average molecular weight is 267 g/mol. The number of nitrogens with one attached hydrogen (secondary N) is 1. The predicted molar refractivity (Wildman–Crippen MR) is 79.3 cm³/mol. The van der Waals surface area contributed by atoms with E-state index < -0.39 is 0 Å². The maximum absolute atomic E-state index is 8.67. The largest absolute Gasteiger partial charge is 0.355 e. The van der Waals surface area contributed by atoms with Gasteiger partial charge in [-0.2, -0.15) is 5.26 Å². The zero-order valence-electron chi connectivity index (χ0n) is 11.9. The molecule has 0 aliphatic rings. The van der Waals surface area contributed by atoms with Crippen molar-refractivity contribution in [3.05, 3.63) is 47.3 Å². The van der Waals surface area contributed by atoms with E-state index >= 15 is 0 Å². The maximum Gasteiger partial charge on any atom is 0.182 e. The van der Waals surface area contributed by atoms with Crippen LogP contribution >= 0.6 is 0 Å². The number of hydrogen-bond donors (Lipinski definition) is 1. The van der Waals surface area contributed by atoms with Crippen LogP contribution in [-0.4, -0.2) is 17.0 Å². The molecule has 0 fully saturated rings. The minimum absolute atomic E-state index is 0.520. The number of aromatic nitrogens is 2. The van der Waals surface area contributed by atoms with Crippen molar-refractivity contribution in [2.45, 2.75) is 20.4 Å². The fourth-order valence-electron chi connectivity index (χ4n) is 2.03. The Kier molecular flexibility index (Phi) is 4.16. The third-order valence-electron chi connectivity index (χ3n) is 2.90. The smallest absolute Gasteiger partial charge is 0.182 e. The number of nitriles is 1. The van der Waals surface area contributed by atoms with Gasteiger partial charge < -0.3 is 4.90 Å². The molecule has 102 valence electrons. The summed E-state index contributed by atoms with van der Waals surface area (Å²) in [5, 5.41) is 11.2. The molecule has 0 spiro atoms. The summed E-state index contributed by atoms with van der Waals surface area (Å²) in [5.74, 6) is 1.94. The van der Waals surface area contributed by atoms with Crippen LogP contribution in [0.3, 0.4) is 0 Å². The van der Waals surface area contributed by atoms with Crippen molar-refractivity contribution in [1.82, 2.24) is 9.97 Å². The van der Waals surface area contributed by atoms with Gasteiger partial charge in [-0.3, -0.25) is 5.32 Å². The molecule has 0 unspecified atom stereocenters. The molecule has 20 heavy (non-hydrogen) atoms. The second-order valence-corrected chi connectivity index (χ2v) is 4.74. The van der Waals surface area contributed by atoms with E-state index in [1.54, 1.807) is 6.07 Å². The summed E-state index contributed by atoms with van der Waals surface area (Å²) in [6, 6.07) is 10.1. The van der Waals surface area contributed by atoms with Gasteiger partial charge in [0.25, 0.3) is 0 Å². The molecule has 0 atom stereocenters. The van der Waals surface area contributed by atoms with E-state index in [4.69, 9.17) is 5.26 Å². The van der Waals surface area contributed by atoms with Crippen molar-refractivity contribution < 1.29 is 0 Å². The second kappa shape index (κ2) is 6.02. The number of rotatable bonds is 4. The van der Waals surface area contributed by atoms with Gasteiger partial charge in [-0.15, -0.1) is 0 Å². The molecule has 2 aromatic rings. The highest BCUT2D eigenvalue weighted by atomic mass is 15.2. The van der Waals surface area contributed by atoms with Gasteiger partial charge >= 0.3 is 0 Å². The minimum atomic E-state index is 0.520. The number of anilines is 2. The quantitative estimate of drug-likeness (QED) is 0.681. The van der Waals surface area contributed by atoms with E-state index in [-0.39, 0.29) is 0 Å². The summed E-state index contributed by atoms with van der Waals surface area (Å²) in [5.41, 5.74) is 2.46.